The van der Waals surface area contributed by atoms with Crippen molar-refractivity contribution in [3.8, 4) is 0 Å². The number of aliphatic hydroxyl groups excluding tert-OH is 1. The molecule has 0 heterocycles. The topological polar surface area (TPSA) is 46.2 Å². The summed E-state index contributed by atoms with van der Waals surface area (Å²) in [6.07, 6.45) is 0.138. The highest BCUT2D eigenvalue weighted by molar-refractivity contribution is 5.26. The zero-order valence-corrected chi connectivity index (χ0v) is 7.93. The Labute approximate surface area is 81.4 Å². The van der Waals surface area contributed by atoms with Crippen LogP contribution in [0.2, 0.25) is 0 Å². The van der Waals surface area contributed by atoms with Gasteiger partial charge in [-0.05, 0) is 24.5 Å². The van der Waals surface area contributed by atoms with Crippen LogP contribution in [0.25, 0.3) is 0 Å². The Bertz CT molecular complexity index is 328. The van der Waals surface area contributed by atoms with E-state index in [2.05, 4.69) is 0 Å². The molecule has 0 aliphatic rings. The zero-order chi connectivity index (χ0) is 10.7. The number of rotatable bonds is 3. The molecule has 1 atom stereocenters. The van der Waals surface area contributed by atoms with Crippen molar-refractivity contribution in [2.24, 2.45) is 5.73 Å². The Morgan fingerprint density at radius 1 is 1.36 bits per heavy atom. The fourth-order valence-corrected chi connectivity index (χ4v) is 1.19. The van der Waals surface area contributed by atoms with E-state index in [0.717, 1.165) is 0 Å². The predicted molar refractivity (Wildman–Crippen MR) is 49.9 cm³/mol. The number of aliphatic hydroxyl groups is 1. The summed E-state index contributed by atoms with van der Waals surface area (Å²) in [5.41, 5.74) is 5.89. The van der Waals surface area contributed by atoms with Gasteiger partial charge in [0.15, 0.2) is 11.6 Å². The summed E-state index contributed by atoms with van der Waals surface area (Å²) >= 11 is 0. The van der Waals surface area contributed by atoms with Crippen LogP contribution in [-0.4, -0.2) is 17.8 Å². The third-order valence-electron chi connectivity index (χ3n) is 2.07. The van der Waals surface area contributed by atoms with E-state index >= 15 is 0 Å². The molecule has 4 heteroatoms. The number of nitrogens with two attached hydrogens (primary N) is 1. The number of hydrogen-bond acceptors (Lipinski definition) is 2. The van der Waals surface area contributed by atoms with E-state index in [4.69, 9.17) is 10.8 Å². The van der Waals surface area contributed by atoms with Crippen molar-refractivity contribution in [3.63, 3.8) is 0 Å². The lowest BCUT2D eigenvalue weighted by atomic mass is 10.0. The quantitative estimate of drug-likeness (QED) is 0.770. The molecule has 0 aromatic heterocycles. The minimum atomic E-state index is -0.867. The van der Waals surface area contributed by atoms with E-state index in [1.807, 2.05) is 0 Å². The van der Waals surface area contributed by atoms with Gasteiger partial charge in [-0.3, -0.25) is 0 Å². The van der Waals surface area contributed by atoms with Gasteiger partial charge in [0.1, 0.15) is 0 Å². The van der Waals surface area contributed by atoms with E-state index in [1.54, 1.807) is 0 Å². The molecular formula is C10H13F2NO. The van der Waals surface area contributed by atoms with Crippen LogP contribution >= 0.6 is 0 Å². The zero-order valence-electron chi connectivity index (χ0n) is 7.93. The summed E-state index contributed by atoms with van der Waals surface area (Å²) in [6.45, 7) is 1.25. The summed E-state index contributed by atoms with van der Waals surface area (Å²) in [5, 5.41) is 8.67. The average Bonchev–Trinajstić information content (AvgIpc) is 2.19. The summed E-state index contributed by atoms with van der Waals surface area (Å²) < 4.78 is 26.3. The van der Waals surface area contributed by atoms with Crippen molar-refractivity contribution < 1.29 is 13.9 Å². The Morgan fingerprint density at radius 2 is 2.00 bits per heavy atom. The predicted octanol–water partition coefficient (Wildman–Crippen LogP) is 1.14. The Balaban J connectivity index is 2.94. The Morgan fingerprint density at radius 3 is 2.57 bits per heavy atom. The first kappa shape index (κ1) is 11.1. The van der Waals surface area contributed by atoms with Gasteiger partial charge >= 0.3 is 0 Å². The smallest absolute Gasteiger partial charge is 0.162 e. The molecular weight excluding hydrogens is 188 g/mol. The lowest BCUT2D eigenvalue weighted by molar-refractivity contribution is 0.264. The molecule has 0 amide bonds. The van der Waals surface area contributed by atoms with E-state index in [0.29, 0.717) is 0 Å². The van der Waals surface area contributed by atoms with Gasteiger partial charge in [-0.15, -0.1) is 0 Å². The Kier molecular flexibility index (Phi) is 3.55. The number of hydrogen-bond donors (Lipinski definition) is 2. The highest BCUT2D eigenvalue weighted by atomic mass is 19.2. The van der Waals surface area contributed by atoms with E-state index in [-0.39, 0.29) is 24.2 Å². The first-order chi connectivity index (χ1) is 6.56. The highest BCUT2D eigenvalue weighted by Gasteiger charge is 2.12. The molecule has 0 spiro atoms. The second-order valence-corrected chi connectivity index (χ2v) is 3.32. The number of benzene rings is 1. The van der Waals surface area contributed by atoms with E-state index in [9.17, 15) is 8.78 Å². The summed E-state index contributed by atoms with van der Waals surface area (Å²) in [5.74, 6) is -1.71. The van der Waals surface area contributed by atoms with Gasteiger partial charge in [-0.1, -0.05) is 12.1 Å². The average molecular weight is 201 g/mol. The summed E-state index contributed by atoms with van der Waals surface area (Å²) in [7, 11) is 0. The maximum Gasteiger partial charge on any atom is 0.162 e. The first-order valence-electron chi connectivity index (χ1n) is 4.36. The highest BCUT2D eigenvalue weighted by Crippen LogP contribution is 2.16. The van der Waals surface area contributed by atoms with Crippen molar-refractivity contribution in [3.05, 3.63) is 34.9 Å². The minimum Gasteiger partial charge on any atom is -0.395 e. The SMILES string of the molecule is Cc1ccc(CC(N)CO)c(F)c1F. The largest absolute Gasteiger partial charge is 0.395 e. The molecule has 0 aliphatic heterocycles. The molecule has 1 rings (SSSR count). The third-order valence-corrected chi connectivity index (χ3v) is 2.07. The van der Waals surface area contributed by atoms with Gasteiger partial charge in [-0.2, -0.15) is 0 Å². The lowest BCUT2D eigenvalue weighted by Crippen LogP contribution is -2.27. The Hall–Kier alpha value is -1.00. The number of aryl methyl sites for hydroxylation is 1. The normalized spacial score (nSPS) is 12.9. The summed E-state index contributed by atoms with van der Waals surface area (Å²) in [6, 6.07) is 2.44. The van der Waals surface area contributed by atoms with Gasteiger partial charge in [0, 0.05) is 6.04 Å². The molecule has 2 nitrogen and oxygen atoms in total. The van der Waals surface area contributed by atoms with Gasteiger partial charge in [-0.25, -0.2) is 8.78 Å². The lowest BCUT2D eigenvalue weighted by Gasteiger charge is -2.10. The van der Waals surface area contributed by atoms with Gasteiger partial charge in [0.2, 0.25) is 0 Å². The second kappa shape index (κ2) is 4.48. The molecule has 1 aromatic carbocycles. The first-order valence-corrected chi connectivity index (χ1v) is 4.36. The maximum absolute atomic E-state index is 13.2. The molecule has 0 bridgehead atoms. The van der Waals surface area contributed by atoms with Crippen LogP contribution < -0.4 is 5.73 Å². The molecule has 0 radical (unpaired) electrons. The fraction of sp³-hybridized carbons (Fsp3) is 0.400. The van der Waals surface area contributed by atoms with Crippen molar-refractivity contribution in [2.45, 2.75) is 19.4 Å². The van der Waals surface area contributed by atoms with Crippen molar-refractivity contribution in [1.82, 2.24) is 0 Å². The minimum absolute atomic E-state index is 0.138. The van der Waals surface area contributed by atoms with Crippen LogP contribution in [0.1, 0.15) is 11.1 Å². The monoisotopic (exact) mass is 201 g/mol. The van der Waals surface area contributed by atoms with E-state index < -0.39 is 17.7 Å². The molecule has 14 heavy (non-hydrogen) atoms. The molecule has 0 saturated carbocycles. The van der Waals surface area contributed by atoms with Crippen LogP contribution in [0, 0.1) is 18.6 Å². The second-order valence-electron chi connectivity index (χ2n) is 3.32. The number of halogens is 2. The van der Waals surface area contributed by atoms with Crippen LogP contribution in [0.15, 0.2) is 12.1 Å². The molecule has 0 saturated heterocycles. The van der Waals surface area contributed by atoms with Crippen LogP contribution in [0.4, 0.5) is 8.78 Å². The van der Waals surface area contributed by atoms with E-state index in [1.165, 1.54) is 19.1 Å². The van der Waals surface area contributed by atoms with Crippen LogP contribution in [-0.2, 0) is 6.42 Å². The molecule has 0 aliphatic carbocycles. The van der Waals surface area contributed by atoms with Crippen molar-refractivity contribution >= 4 is 0 Å². The molecule has 0 fully saturated rings. The van der Waals surface area contributed by atoms with Crippen LogP contribution in [0.5, 0.6) is 0 Å². The van der Waals surface area contributed by atoms with Crippen molar-refractivity contribution in [1.29, 1.82) is 0 Å². The van der Waals surface area contributed by atoms with Crippen LogP contribution in [0.3, 0.4) is 0 Å². The summed E-state index contributed by atoms with van der Waals surface area (Å²) in [4.78, 5) is 0. The molecule has 1 unspecified atom stereocenters. The fourth-order valence-electron chi connectivity index (χ4n) is 1.19. The third kappa shape index (κ3) is 2.27. The molecule has 78 valence electrons. The van der Waals surface area contributed by atoms with Gasteiger partial charge < -0.3 is 10.8 Å². The van der Waals surface area contributed by atoms with Gasteiger partial charge in [0.25, 0.3) is 0 Å². The van der Waals surface area contributed by atoms with Gasteiger partial charge in [0.05, 0.1) is 6.61 Å². The molecule has 3 N–H and O–H groups in total. The standard InChI is InChI=1S/C10H13F2NO/c1-6-2-3-7(4-8(13)5-14)10(12)9(6)11/h2-3,8,14H,4-5,13H2,1H3. The van der Waals surface area contributed by atoms with Crippen molar-refractivity contribution in [2.75, 3.05) is 6.61 Å². The maximum atomic E-state index is 13.2. The molecule has 1 aromatic rings.